The summed E-state index contributed by atoms with van der Waals surface area (Å²) in [6.45, 7) is 0. The fourth-order valence-corrected chi connectivity index (χ4v) is 2.08. The standard InChI is InChI=1S/2C2H6O3S2.Na.H/c2*3-7(4,5)2-1-6;;/h2*6H,1-2H2,(H,3,4,5);;/q;;+1;-1. The zero-order valence-corrected chi connectivity index (χ0v) is 13.5. The van der Waals surface area contributed by atoms with Gasteiger partial charge in [-0.2, -0.15) is 42.1 Å². The summed E-state index contributed by atoms with van der Waals surface area (Å²) < 4.78 is 54.8. The molecule has 0 aliphatic carbocycles. The van der Waals surface area contributed by atoms with Crippen LogP contribution in [0.15, 0.2) is 0 Å². The van der Waals surface area contributed by atoms with Gasteiger partial charge in [-0.05, 0) is 0 Å². The van der Waals surface area contributed by atoms with Gasteiger partial charge in [-0.1, -0.05) is 0 Å². The SMILES string of the molecule is O=S(=O)(O)CCS.O=S(=O)(O)CCS.[H-].[Na+]. The number of hydrogen-bond acceptors (Lipinski definition) is 6. The maximum atomic E-state index is 9.74. The Morgan fingerprint density at radius 1 is 0.867 bits per heavy atom. The van der Waals surface area contributed by atoms with Gasteiger partial charge >= 0.3 is 29.6 Å². The van der Waals surface area contributed by atoms with E-state index in [0.717, 1.165) is 0 Å². The van der Waals surface area contributed by atoms with Crippen molar-refractivity contribution >= 4 is 45.5 Å². The van der Waals surface area contributed by atoms with Crippen molar-refractivity contribution in [3.63, 3.8) is 0 Å². The molecule has 0 aliphatic heterocycles. The largest absolute Gasteiger partial charge is 1.00 e. The van der Waals surface area contributed by atoms with Crippen molar-refractivity contribution in [1.82, 2.24) is 0 Å². The molecule has 0 aromatic rings. The van der Waals surface area contributed by atoms with Gasteiger partial charge in [0.25, 0.3) is 20.2 Å². The van der Waals surface area contributed by atoms with Crippen LogP contribution in [0.5, 0.6) is 0 Å². The Hall–Kier alpha value is 1.52. The number of hydrogen-bond donors (Lipinski definition) is 4. The van der Waals surface area contributed by atoms with Crippen LogP contribution in [-0.2, 0) is 20.2 Å². The summed E-state index contributed by atoms with van der Waals surface area (Å²) in [5.74, 6) is -0.204. The predicted octanol–water partition coefficient (Wildman–Crippen LogP) is -3.28. The Morgan fingerprint density at radius 2 is 1.07 bits per heavy atom. The quantitative estimate of drug-likeness (QED) is 0.246. The second-order valence-corrected chi connectivity index (χ2v) is 6.06. The van der Waals surface area contributed by atoms with Crippen LogP contribution in [0.1, 0.15) is 1.43 Å². The molecule has 0 atom stereocenters. The maximum absolute atomic E-state index is 9.74. The van der Waals surface area contributed by atoms with Crippen molar-refractivity contribution in [3.8, 4) is 0 Å². The molecule has 6 nitrogen and oxygen atoms in total. The van der Waals surface area contributed by atoms with E-state index in [2.05, 4.69) is 25.3 Å². The van der Waals surface area contributed by atoms with Gasteiger partial charge in [-0.3, -0.25) is 9.11 Å². The van der Waals surface area contributed by atoms with Crippen molar-refractivity contribution in [1.29, 1.82) is 0 Å². The Morgan fingerprint density at radius 3 is 1.07 bits per heavy atom. The third-order valence-corrected chi connectivity index (χ3v) is 3.19. The molecular formula is C4H13NaO6S4. The summed E-state index contributed by atoms with van der Waals surface area (Å²) in [4.78, 5) is 0. The summed E-state index contributed by atoms with van der Waals surface area (Å²) in [7, 11) is -7.50. The number of rotatable bonds is 4. The average Bonchev–Trinajstić information content (AvgIpc) is 1.81. The molecular weight excluding hydrogens is 295 g/mol. The Kier molecular flexibility index (Phi) is 15.5. The summed E-state index contributed by atoms with van der Waals surface area (Å²) in [5, 5.41) is 0. The van der Waals surface area contributed by atoms with E-state index in [1.165, 1.54) is 0 Å². The summed E-state index contributed by atoms with van der Waals surface area (Å²) >= 11 is 7.15. The molecule has 0 aromatic carbocycles. The first-order valence-electron chi connectivity index (χ1n) is 3.24. The van der Waals surface area contributed by atoms with Crippen LogP contribution in [0.25, 0.3) is 0 Å². The molecule has 0 aliphatic rings. The molecule has 0 fully saturated rings. The zero-order valence-electron chi connectivity index (χ0n) is 9.07. The molecule has 0 saturated heterocycles. The molecule has 0 heterocycles. The van der Waals surface area contributed by atoms with Gasteiger partial charge < -0.3 is 1.43 Å². The minimum Gasteiger partial charge on any atom is -1.00 e. The molecule has 0 bridgehead atoms. The van der Waals surface area contributed by atoms with E-state index in [1.807, 2.05) is 0 Å². The fraction of sp³-hybridized carbons (Fsp3) is 1.00. The molecule has 0 saturated carbocycles. The van der Waals surface area contributed by atoms with E-state index in [9.17, 15) is 16.8 Å². The topological polar surface area (TPSA) is 109 Å². The minimum atomic E-state index is -3.75. The van der Waals surface area contributed by atoms with E-state index in [1.54, 1.807) is 0 Å². The van der Waals surface area contributed by atoms with E-state index in [-0.39, 0.29) is 54.0 Å². The van der Waals surface area contributed by atoms with Crippen LogP contribution in [0.2, 0.25) is 0 Å². The van der Waals surface area contributed by atoms with Gasteiger partial charge in [-0.25, -0.2) is 0 Å². The van der Waals surface area contributed by atoms with Crippen LogP contribution < -0.4 is 29.6 Å². The van der Waals surface area contributed by atoms with E-state index in [0.29, 0.717) is 0 Å². The second-order valence-electron chi connectivity index (χ2n) is 2.02. The van der Waals surface area contributed by atoms with Gasteiger partial charge in [0, 0.05) is 11.5 Å². The predicted molar refractivity (Wildman–Crippen MR) is 61.6 cm³/mol. The monoisotopic (exact) mass is 308 g/mol. The van der Waals surface area contributed by atoms with Crippen LogP contribution >= 0.6 is 25.3 Å². The van der Waals surface area contributed by atoms with Crippen molar-refractivity contribution < 1.29 is 56.9 Å². The summed E-state index contributed by atoms with van der Waals surface area (Å²) in [5.41, 5.74) is 0. The normalized spacial score (nSPS) is 10.9. The molecule has 15 heavy (non-hydrogen) atoms. The first-order chi connectivity index (χ1) is 6.12. The van der Waals surface area contributed by atoms with Gasteiger partial charge in [0.05, 0.1) is 11.5 Å². The van der Waals surface area contributed by atoms with Gasteiger partial charge in [0.2, 0.25) is 0 Å². The van der Waals surface area contributed by atoms with Crippen LogP contribution in [0.4, 0.5) is 0 Å². The molecule has 0 unspecified atom stereocenters. The van der Waals surface area contributed by atoms with Crippen molar-refractivity contribution in [2.45, 2.75) is 0 Å². The molecule has 11 heteroatoms. The average molecular weight is 308 g/mol. The Labute approximate surface area is 124 Å². The second kappa shape index (κ2) is 10.7. The minimum absolute atomic E-state index is 0. The molecule has 2 N–H and O–H groups in total. The molecule has 0 spiro atoms. The molecule has 0 amide bonds. The van der Waals surface area contributed by atoms with Gasteiger partial charge in [0.15, 0.2) is 0 Å². The molecule has 0 aromatic heterocycles. The summed E-state index contributed by atoms with van der Waals surface area (Å²) in [6.07, 6.45) is 0. The first-order valence-corrected chi connectivity index (χ1v) is 7.72. The Bertz CT molecular complexity index is 292. The molecule has 0 rings (SSSR count). The van der Waals surface area contributed by atoms with Crippen molar-refractivity contribution in [2.75, 3.05) is 23.0 Å². The van der Waals surface area contributed by atoms with Gasteiger partial charge in [-0.15, -0.1) is 0 Å². The maximum Gasteiger partial charge on any atom is 1.00 e. The Balaban J connectivity index is -0.0000000800. The zero-order chi connectivity index (χ0) is 11.8. The van der Waals surface area contributed by atoms with Crippen LogP contribution in [0, 0.1) is 0 Å². The number of thiol groups is 2. The molecule has 90 valence electrons. The van der Waals surface area contributed by atoms with Crippen molar-refractivity contribution in [2.24, 2.45) is 0 Å². The smallest absolute Gasteiger partial charge is 1.00 e. The third kappa shape index (κ3) is 31.3. The van der Waals surface area contributed by atoms with Crippen LogP contribution in [-0.4, -0.2) is 49.0 Å². The van der Waals surface area contributed by atoms with E-state index in [4.69, 9.17) is 9.11 Å². The molecule has 0 radical (unpaired) electrons. The van der Waals surface area contributed by atoms with E-state index < -0.39 is 20.2 Å². The van der Waals surface area contributed by atoms with Crippen molar-refractivity contribution in [3.05, 3.63) is 0 Å². The summed E-state index contributed by atoms with van der Waals surface area (Å²) in [6, 6.07) is 0. The van der Waals surface area contributed by atoms with Gasteiger partial charge in [0.1, 0.15) is 0 Å². The fourth-order valence-electron chi connectivity index (χ4n) is 0.231. The van der Waals surface area contributed by atoms with Crippen LogP contribution in [0.3, 0.4) is 0 Å². The first kappa shape index (κ1) is 21.8. The third-order valence-electron chi connectivity index (χ3n) is 0.698. The van der Waals surface area contributed by atoms with E-state index >= 15 is 0 Å².